The SMILES string of the molecule is O=C(NCCc1coc(-c2ccc(F)cc2)n1)NCc1cccnc1. The lowest BCUT2D eigenvalue weighted by molar-refractivity contribution is 0.240. The minimum Gasteiger partial charge on any atom is -0.444 e. The minimum atomic E-state index is -0.308. The van der Waals surface area contributed by atoms with E-state index in [9.17, 15) is 9.18 Å². The highest BCUT2D eigenvalue weighted by atomic mass is 19.1. The molecular formula is C18H17FN4O2. The first-order valence-electron chi connectivity index (χ1n) is 7.81. The highest BCUT2D eigenvalue weighted by molar-refractivity contribution is 5.73. The highest BCUT2D eigenvalue weighted by Crippen LogP contribution is 2.18. The third-order valence-electron chi connectivity index (χ3n) is 3.49. The molecule has 0 spiro atoms. The van der Waals surface area contributed by atoms with Gasteiger partial charge in [-0.1, -0.05) is 6.07 Å². The van der Waals surface area contributed by atoms with Crippen molar-refractivity contribution in [1.29, 1.82) is 0 Å². The van der Waals surface area contributed by atoms with E-state index in [2.05, 4.69) is 20.6 Å². The van der Waals surface area contributed by atoms with Gasteiger partial charge in [0.15, 0.2) is 0 Å². The second-order valence-corrected chi connectivity index (χ2v) is 5.37. The number of benzene rings is 1. The van der Waals surface area contributed by atoms with Gasteiger partial charge in [-0.05, 0) is 35.9 Å². The molecule has 25 heavy (non-hydrogen) atoms. The van der Waals surface area contributed by atoms with Crippen LogP contribution in [0.4, 0.5) is 9.18 Å². The van der Waals surface area contributed by atoms with Gasteiger partial charge in [-0.3, -0.25) is 4.98 Å². The van der Waals surface area contributed by atoms with E-state index in [0.717, 1.165) is 5.56 Å². The zero-order chi connectivity index (χ0) is 17.5. The number of amides is 2. The van der Waals surface area contributed by atoms with Gasteiger partial charge in [-0.25, -0.2) is 14.2 Å². The number of carbonyl (C=O) groups excluding carboxylic acids is 1. The molecule has 0 saturated carbocycles. The van der Waals surface area contributed by atoms with E-state index in [0.29, 0.717) is 36.7 Å². The molecule has 6 nitrogen and oxygen atoms in total. The van der Waals surface area contributed by atoms with Gasteiger partial charge in [-0.15, -0.1) is 0 Å². The molecule has 2 amide bonds. The van der Waals surface area contributed by atoms with Crippen molar-refractivity contribution in [2.24, 2.45) is 0 Å². The Bertz CT molecular complexity index is 819. The van der Waals surface area contributed by atoms with Crippen molar-refractivity contribution in [3.05, 3.63) is 72.1 Å². The van der Waals surface area contributed by atoms with E-state index in [1.807, 2.05) is 12.1 Å². The summed E-state index contributed by atoms with van der Waals surface area (Å²) in [4.78, 5) is 20.1. The lowest BCUT2D eigenvalue weighted by Gasteiger charge is -2.06. The lowest BCUT2D eigenvalue weighted by atomic mass is 10.2. The number of nitrogens with one attached hydrogen (secondary N) is 2. The van der Waals surface area contributed by atoms with E-state index < -0.39 is 0 Å². The third-order valence-corrected chi connectivity index (χ3v) is 3.49. The third kappa shape index (κ3) is 4.87. The number of urea groups is 1. The predicted octanol–water partition coefficient (Wildman–Crippen LogP) is 2.92. The Balaban J connectivity index is 1.43. The Morgan fingerprint density at radius 2 is 2.00 bits per heavy atom. The fourth-order valence-corrected chi connectivity index (χ4v) is 2.20. The monoisotopic (exact) mass is 340 g/mol. The van der Waals surface area contributed by atoms with Gasteiger partial charge in [0.05, 0.1) is 5.69 Å². The van der Waals surface area contributed by atoms with Crippen LogP contribution >= 0.6 is 0 Å². The number of aromatic nitrogens is 2. The van der Waals surface area contributed by atoms with Crippen molar-refractivity contribution in [1.82, 2.24) is 20.6 Å². The van der Waals surface area contributed by atoms with Crippen molar-refractivity contribution < 1.29 is 13.6 Å². The Morgan fingerprint density at radius 3 is 2.76 bits per heavy atom. The maximum atomic E-state index is 12.9. The summed E-state index contributed by atoms with van der Waals surface area (Å²) in [6.07, 6.45) is 5.45. The van der Waals surface area contributed by atoms with Crippen molar-refractivity contribution in [2.45, 2.75) is 13.0 Å². The standard InChI is InChI=1S/C18H17FN4O2/c19-15-5-3-14(4-6-15)17-23-16(12-25-17)7-9-21-18(24)22-11-13-2-1-8-20-10-13/h1-6,8,10,12H,7,9,11H2,(H2,21,22,24). The van der Waals surface area contributed by atoms with Crippen LogP contribution in [-0.4, -0.2) is 22.5 Å². The maximum absolute atomic E-state index is 12.9. The predicted molar refractivity (Wildman–Crippen MR) is 90.1 cm³/mol. The topological polar surface area (TPSA) is 80.0 Å². The molecule has 0 fully saturated rings. The molecule has 3 aromatic rings. The first kappa shape index (κ1) is 16.6. The average Bonchev–Trinajstić information content (AvgIpc) is 3.10. The summed E-state index contributed by atoms with van der Waals surface area (Å²) >= 11 is 0. The van der Waals surface area contributed by atoms with E-state index >= 15 is 0 Å². The molecule has 0 unspecified atom stereocenters. The smallest absolute Gasteiger partial charge is 0.315 e. The molecule has 1 aromatic carbocycles. The summed E-state index contributed by atoms with van der Waals surface area (Å²) in [5.74, 6) is 0.119. The Labute approximate surface area is 144 Å². The van der Waals surface area contributed by atoms with Gasteiger partial charge in [0.2, 0.25) is 5.89 Å². The summed E-state index contributed by atoms with van der Waals surface area (Å²) in [6.45, 7) is 0.840. The quantitative estimate of drug-likeness (QED) is 0.723. The molecule has 128 valence electrons. The molecular weight excluding hydrogens is 323 g/mol. The number of hydrogen-bond donors (Lipinski definition) is 2. The van der Waals surface area contributed by atoms with Gasteiger partial charge in [0.1, 0.15) is 12.1 Å². The molecule has 0 aliphatic carbocycles. The van der Waals surface area contributed by atoms with Gasteiger partial charge in [0, 0.05) is 37.5 Å². The number of hydrogen-bond acceptors (Lipinski definition) is 4. The van der Waals surface area contributed by atoms with E-state index in [1.165, 1.54) is 18.4 Å². The summed E-state index contributed by atoms with van der Waals surface area (Å²) in [5.41, 5.74) is 2.35. The minimum absolute atomic E-state index is 0.258. The molecule has 0 radical (unpaired) electrons. The van der Waals surface area contributed by atoms with Crippen LogP contribution in [0.25, 0.3) is 11.5 Å². The second kappa shape index (κ2) is 8.05. The fraction of sp³-hybridized carbons (Fsp3) is 0.167. The molecule has 0 saturated heterocycles. The Morgan fingerprint density at radius 1 is 1.16 bits per heavy atom. The number of oxazole rings is 1. The molecule has 3 rings (SSSR count). The molecule has 0 atom stereocenters. The number of halogens is 1. The number of pyridine rings is 1. The molecule has 2 aromatic heterocycles. The molecule has 2 N–H and O–H groups in total. The summed E-state index contributed by atoms with van der Waals surface area (Å²) in [6, 6.07) is 9.37. The number of carbonyl (C=O) groups is 1. The first-order valence-corrected chi connectivity index (χ1v) is 7.81. The zero-order valence-corrected chi connectivity index (χ0v) is 13.4. The normalized spacial score (nSPS) is 10.4. The Hall–Kier alpha value is -3.22. The van der Waals surface area contributed by atoms with Gasteiger partial charge in [-0.2, -0.15) is 0 Å². The van der Waals surface area contributed by atoms with Crippen LogP contribution in [0.3, 0.4) is 0 Å². The van der Waals surface area contributed by atoms with Crippen molar-refractivity contribution in [3.8, 4) is 11.5 Å². The van der Waals surface area contributed by atoms with Crippen LogP contribution in [0, 0.1) is 5.82 Å². The van der Waals surface area contributed by atoms with Gasteiger partial charge in [0.25, 0.3) is 0 Å². The highest BCUT2D eigenvalue weighted by Gasteiger charge is 2.07. The summed E-state index contributed by atoms with van der Waals surface area (Å²) < 4.78 is 18.3. The molecule has 2 heterocycles. The van der Waals surface area contributed by atoms with Crippen LogP contribution < -0.4 is 10.6 Å². The fourth-order valence-electron chi connectivity index (χ4n) is 2.20. The van der Waals surface area contributed by atoms with Crippen LogP contribution in [0.5, 0.6) is 0 Å². The summed E-state index contributed by atoms with van der Waals surface area (Å²) in [5, 5.41) is 5.51. The van der Waals surface area contributed by atoms with Crippen LogP contribution in [0.2, 0.25) is 0 Å². The molecule has 0 aliphatic heterocycles. The first-order chi connectivity index (χ1) is 12.2. The number of nitrogens with zero attached hydrogens (tertiary/aromatic N) is 2. The second-order valence-electron chi connectivity index (χ2n) is 5.37. The van der Waals surface area contributed by atoms with Crippen molar-refractivity contribution >= 4 is 6.03 Å². The van der Waals surface area contributed by atoms with Gasteiger partial charge < -0.3 is 15.1 Å². The number of rotatable bonds is 6. The Kier molecular flexibility index (Phi) is 5.36. The van der Waals surface area contributed by atoms with E-state index in [4.69, 9.17) is 4.42 Å². The van der Waals surface area contributed by atoms with Gasteiger partial charge >= 0.3 is 6.03 Å². The van der Waals surface area contributed by atoms with Crippen molar-refractivity contribution in [2.75, 3.05) is 6.54 Å². The van der Waals surface area contributed by atoms with Crippen molar-refractivity contribution in [3.63, 3.8) is 0 Å². The molecule has 0 bridgehead atoms. The summed E-state index contributed by atoms with van der Waals surface area (Å²) in [7, 11) is 0. The maximum Gasteiger partial charge on any atom is 0.315 e. The van der Waals surface area contributed by atoms with Crippen LogP contribution in [0.1, 0.15) is 11.3 Å². The van der Waals surface area contributed by atoms with E-state index in [1.54, 1.807) is 24.5 Å². The van der Waals surface area contributed by atoms with Crippen LogP contribution in [-0.2, 0) is 13.0 Å². The lowest BCUT2D eigenvalue weighted by Crippen LogP contribution is -2.36. The molecule has 0 aliphatic rings. The zero-order valence-electron chi connectivity index (χ0n) is 13.4. The van der Waals surface area contributed by atoms with E-state index in [-0.39, 0.29) is 11.8 Å². The van der Waals surface area contributed by atoms with Crippen LogP contribution in [0.15, 0.2) is 59.5 Å². The average molecular weight is 340 g/mol. The largest absolute Gasteiger partial charge is 0.444 e. The molecule has 7 heteroatoms.